The molecule has 5 nitrogen and oxygen atoms in total. The topological polar surface area (TPSA) is 54.2 Å². The molecule has 106 valence electrons. The van der Waals surface area contributed by atoms with Crippen LogP contribution in [0.5, 0.6) is 0 Å². The van der Waals surface area contributed by atoms with E-state index in [1.807, 2.05) is 14.0 Å². The number of hydrogen-bond acceptors (Lipinski definition) is 5. The second kappa shape index (κ2) is 5.63. The number of nitrogens with one attached hydrogen (secondary N) is 1. The first-order valence-electron chi connectivity index (χ1n) is 7.10. The standard InChI is InChI=1S/C15H20N4O/c1-11(16-2)14-17-18-15(20-14)19-9-5-8-12-6-3-4-7-13(12)10-19/h3-4,6-7,11,16H,5,8-10H2,1-2H3. The predicted molar refractivity (Wildman–Crippen MR) is 77.6 cm³/mol. The third-order valence-electron chi connectivity index (χ3n) is 3.86. The number of anilines is 1. The number of hydrogen-bond donors (Lipinski definition) is 1. The fourth-order valence-corrected chi connectivity index (χ4v) is 2.52. The van der Waals surface area contributed by atoms with Crippen LogP contribution in [0.2, 0.25) is 0 Å². The number of aryl methyl sites for hydroxylation is 1. The molecule has 1 atom stereocenters. The number of rotatable bonds is 3. The summed E-state index contributed by atoms with van der Waals surface area (Å²) >= 11 is 0. The molecule has 1 aromatic carbocycles. The van der Waals surface area contributed by atoms with Crippen molar-refractivity contribution in [3.63, 3.8) is 0 Å². The zero-order valence-electron chi connectivity index (χ0n) is 12.0. The lowest BCUT2D eigenvalue weighted by Crippen LogP contribution is -2.22. The largest absolute Gasteiger partial charge is 0.406 e. The molecule has 0 aliphatic carbocycles. The van der Waals surface area contributed by atoms with Crippen molar-refractivity contribution >= 4 is 6.01 Å². The fraction of sp³-hybridized carbons (Fsp3) is 0.467. The van der Waals surface area contributed by atoms with E-state index in [0.717, 1.165) is 25.9 Å². The van der Waals surface area contributed by atoms with Crippen molar-refractivity contribution in [2.75, 3.05) is 18.5 Å². The maximum atomic E-state index is 5.79. The van der Waals surface area contributed by atoms with E-state index in [2.05, 4.69) is 44.7 Å². The van der Waals surface area contributed by atoms with Crippen LogP contribution in [0.4, 0.5) is 6.01 Å². The summed E-state index contributed by atoms with van der Waals surface area (Å²) in [5.74, 6) is 0.639. The summed E-state index contributed by atoms with van der Waals surface area (Å²) in [5.41, 5.74) is 2.78. The second-order valence-electron chi connectivity index (χ2n) is 5.23. The van der Waals surface area contributed by atoms with Gasteiger partial charge >= 0.3 is 6.01 Å². The van der Waals surface area contributed by atoms with Crippen LogP contribution in [-0.2, 0) is 13.0 Å². The molecule has 1 unspecified atom stereocenters. The molecule has 0 saturated carbocycles. The van der Waals surface area contributed by atoms with Crippen LogP contribution in [0, 0.1) is 0 Å². The molecule has 3 rings (SSSR count). The molecule has 0 saturated heterocycles. The zero-order valence-corrected chi connectivity index (χ0v) is 12.0. The Morgan fingerprint density at radius 1 is 1.25 bits per heavy atom. The Morgan fingerprint density at radius 2 is 2.05 bits per heavy atom. The van der Waals surface area contributed by atoms with E-state index in [0.29, 0.717) is 11.9 Å². The predicted octanol–water partition coefficient (Wildman–Crippen LogP) is 2.30. The maximum Gasteiger partial charge on any atom is 0.318 e. The first-order valence-corrected chi connectivity index (χ1v) is 7.10. The monoisotopic (exact) mass is 272 g/mol. The quantitative estimate of drug-likeness (QED) is 0.929. The van der Waals surface area contributed by atoms with Crippen LogP contribution in [0.25, 0.3) is 0 Å². The van der Waals surface area contributed by atoms with E-state index in [1.54, 1.807) is 0 Å². The molecule has 2 heterocycles. The minimum absolute atomic E-state index is 0.0792. The van der Waals surface area contributed by atoms with Gasteiger partial charge < -0.3 is 14.6 Å². The Bertz CT molecular complexity index is 581. The summed E-state index contributed by atoms with van der Waals surface area (Å²) < 4.78 is 5.79. The van der Waals surface area contributed by atoms with Gasteiger partial charge in [0.15, 0.2) is 0 Å². The lowest BCUT2D eigenvalue weighted by molar-refractivity contribution is 0.428. The Kier molecular flexibility index (Phi) is 3.69. The summed E-state index contributed by atoms with van der Waals surface area (Å²) in [5, 5.41) is 11.4. The van der Waals surface area contributed by atoms with Crippen LogP contribution in [0.15, 0.2) is 28.7 Å². The Morgan fingerprint density at radius 3 is 2.85 bits per heavy atom. The third kappa shape index (κ3) is 2.54. The van der Waals surface area contributed by atoms with Gasteiger partial charge in [-0.15, -0.1) is 5.10 Å². The van der Waals surface area contributed by atoms with Gasteiger partial charge in [0.25, 0.3) is 0 Å². The van der Waals surface area contributed by atoms with Crippen LogP contribution in [0.3, 0.4) is 0 Å². The van der Waals surface area contributed by atoms with E-state index >= 15 is 0 Å². The Hall–Kier alpha value is -1.88. The first-order chi connectivity index (χ1) is 9.78. The van der Waals surface area contributed by atoms with Gasteiger partial charge in [0.1, 0.15) is 0 Å². The highest BCUT2D eigenvalue weighted by Crippen LogP contribution is 2.24. The van der Waals surface area contributed by atoms with Gasteiger partial charge in [-0.05, 0) is 37.9 Å². The van der Waals surface area contributed by atoms with Gasteiger partial charge in [-0.2, -0.15) is 0 Å². The zero-order chi connectivity index (χ0) is 13.9. The molecule has 1 aromatic heterocycles. The molecule has 2 aromatic rings. The van der Waals surface area contributed by atoms with E-state index in [9.17, 15) is 0 Å². The van der Waals surface area contributed by atoms with Crippen molar-refractivity contribution in [3.8, 4) is 0 Å². The van der Waals surface area contributed by atoms with Gasteiger partial charge in [-0.3, -0.25) is 0 Å². The van der Waals surface area contributed by atoms with Crippen molar-refractivity contribution in [2.45, 2.75) is 32.4 Å². The highest BCUT2D eigenvalue weighted by molar-refractivity contribution is 5.35. The lowest BCUT2D eigenvalue weighted by Gasteiger charge is -2.17. The molecule has 1 aliphatic heterocycles. The highest BCUT2D eigenvalue weighted by Gasteiger charge is 2.20. The van der Waals surface area contributed by atoms with Crippen molar-refractivity contribution in [1.82, 2.24) is 15.5 Å². The number of benzene rings is 1. The smallest absolute Gasteiger partial charge is 0.318 e. The van der Waals surface area contributed by atoms with E-state index in [4.69, 9.17) is 4.42 Å². The average Bonchev–Trinajstić information content (AvgIpc) is 2.87. The minimum Gasteiger partial charge on any atom is -0.406 e. The van der Waals surface area contributed by atoms with E-state index in [1.165, 1.54) is 11.1 Å². The molecular formula is C15H20N4O. The van der Waals surface area contributed by atoms with E-state index in [-0.39, 0.29) is 6.04 Å². The summed E-state index contributed by atoms with van der Waals surface area (Å²) in [6, 6.07) is 9.29. The number of nitrogens with zero attached hydrogens (tertiary/aromatic N) is 3. The van der Waals surface area contributed by atoms with Gasteiger partial charge in [-0.1, -0.05) is 29.4 Å². The summed E-state index contributed by atoms with van der Waals surface area (Å²) in [4.78, 5) is 2.17. The molecule has 0 spiro atoms. The summed E-state index contributed by atoms with van der Waals surface area (Å²) in [7, 11) is 1.89. The Labute approximate surface area is 119 Å². The van der Waals surface area contributed by atoms with Gasteiger partial charge in [0.05, 0.1) is 6.04 Å². The first kappa shape index (κ1) is 13.1. The fourth-order valence-electron chi connectivity index (χ4n) is 2.52. The van der Waals surface area contributed by atoms with Gasteiger partial charge in [0, 0.05) is 13.1 Å². The molecule has 1 N–H and O–H groups in total. The van der Waals surface area contributed by atoms with Gasteiger partial charge in [-0.25, -0.2) is 0 Å². The third-order valence-corrected chi connectivity index (χ3v) is 3.86. The summed E-state index contributed by atoms with van der Waals surface area (Å²) in [6.07, 6.45) is 2.22. The molecular weight excluding hydrogens is 252 g/mol. The van der Waals surface area contributed by atoms with Crippen molar-refractivity contribution < 1.29 is 4.42 Å². The van der Waals surface area contributed by atoms with Crippen molar-refractivity contribution in [3.05, 3.63) is 41.3 Å². The molecule has 5 heteroatoms. The minimum atomic E-state index is 0.0792. The second-order valence-corrected chi connectivity index (χ2v) is 5.23. The summed E-state index contributed by atoms with van der Waals surface area (Å²) in [6.45, 7) is 3.80. The van der Waals surface area contributed by atoms with Crippen LogP contribution in [0.1, 0.15) is 36.4 Å². The lowest BCUT2D eigenvalue weighted by atomic mass is 10.0. The number of aromatic nitrogens is 2. The van der Waals surface area contributed by atoms with Crippen molar-refractivity contribution in [2.24, 2.45) is 0 Å². The average molecular weight is 272 g/mol. The molecule has 1 aliphatic rings. The van der Waals surface area contributed by atoms with Crippen LogP contribution < -0.4 is 10.2 Å². The SMILES string of the molecule is CNC(C)c1nnc(N2CCCc3ccccc3C2)o1. The molecule has 0 bridgehead atoms. The Balaban J connectivity index is 1.82. The van der Waals surface area contributed by atoms with Crippen LogP contribution >= 0.6 is 0 Å². The van der Waals surface area contributed by atoms with Gasteiger partial charge in [0.2, 0.25) is 5.89 Å². The normalized spacial score (nSPS) is 16.6. The molecule has 0 radical (unpaired) electrons. The van der Waals surface area contributed by atoms with Crippen LogP contribution in [-0.4, -0.2) is 23.8 Å². The highest BCUT2D eigenvalue weighted by atomic mass is 16.4. The number of fused-ring (bicyclic) bond motifs is 1. The van der Waals surface area contributed by atoms with E-state index < -0.39 is 0 Å². The van der Waals surface area contributed by atoms with Crippen molar-refractivity contribution in [1.29, 1.82) is 0 Å². The molecule has 0 amide bonds. The molecule has 0 fully saturated rings. The maximum absolute atomic E-state index is 5.79. The molecule has 20 heavy (non-hydrogen) atoms.